The molecule has 0 radical (unpaired) electrons. The molecule has 1 aliphatic carbocycles. The number of aryl methyl sites for hydroxylation is 1. The quantitative estimate of drug-likeness (QED) is 0.398. The van der Waals surface area contributed by atoms with Crippen LogP contribution in [0.15, 0.2) is 30.5 Å². The summed E-state index contributed by atoms with van der Waals surface area (Å²) in [5.41, 5.74) is 1.39. The second-order valence-corrected chi connectivity index (χ2v) is 10.3. The van der Waals surface area contributed by atoms with Crippen molar-refractivity contribution in [3.05, 3.63) is 63.8 Å². The van der Waals surface area contributed by atoms with Gasteiger partial charge >= 0.3 is 0 Å². The minimum absolute atomic E-state index is 0.163. The van der Waals surface area contributed by atoms with Crippen LogP contribution in [0.3, 0.4) is 0 Å². The summed E-state index contributed by atoms with van der Waals surface area (Å²) >= 11 is 6.43. The summed E-state index contributed by atoms with van der Waals surface area (Å²) in [6.45, 7) is 14.2. The average Bonchev–Trinajstić information content (AvgIpc) is 2.75. The molecular weight excluding hydrogens is 459 g/mol. The molecule has 0 saturated heterocycles. The van der Waals surface area contributed by atoms with E-state index in [1.807, 2.05) is 40.7 Å². The minimum Gasteiger partial charge on any atom is -0.377 e. The van der Waals surface area contributed by atoms with E-state index in [1.165, 1.54) is 12.3 Å². The molecule has 0 saturated carbocycles. The molecule has 1 aliphatic rings. The van der Waals surface area contributed by atoms with Crippen molar-refractivity contribution in [1.82, 2.24) is 9.97 Å². The second-order valence-electron chi connectivity index (χ2n) is 9.85. The Morgan fingerprint density at radius 3 is 2.35 bits per heavy atom. The van der Waals surface area contributed by atoms with E-state index in [2.05, 4.69) is 15.3 Å². The smallest absolute Gasteiger partial charge is 0.252 e. The van der Waals surface area contributed by atoms with Crippen LogP contribution in [-0.4, -0.2) is 15.9 Å². The van der Waals surface area contributed by atoms with Gasteiger partial charge in [0.25, 0.3) is 5.92 Å². The number of halogens is 4. The number of hydrogen-bond donors (Lipinski definition) is 1. The van der Waals surface area contributed by atoms with E-state index in [9.17, 15) is 4.39 Å². The van der Waals surface area contributed by atoms with Crippen LogP contribution in [0.5, 0.6) is 0 Å². The number of hydrogen-bond acceptors (Lipinski definition) is 3. The third kappa shape index (κ3) is 4.26. The molecule has 34 heavy (non-hydrogen) atoms. The molecule has 0 fully saturated rings. The summed E-state index contributed by atoms with van der Waals surface area (Å²) < 4.78 is 44.9. The summed E-state index contributed by atoms with van der Waals surface area (Å²) in [7, 11) is 0. The highest BCUT2D eigenvalue weighted by Crippen LogP contribution is 2.60. The topological polar surface area (TPSA) is 37.8 Å². The normalized spacial score (nSPS) is 21.5. The van der Waals surface area contributed by atoms with Crippen molar-refractivity contribution in [2.24, 2.45) is 5.41 Å². The van der Waals surface area contributed by atoms with Crippen molar-refractivity contribution in [2.75, 3.05) is 5.32 Å². The van der Waals surface area contributed by atoms with Gasteiger partial charge in [-0.25, -0.2) is 23.1 Å². The van der Waals surface area contributed by atoms with Gasteiger partial charge in [-0.15, -0.1) is 0 Å². The molecule has 0 bridgehead atoms. The second kappa shape index (κ2) is 9.03. The number of benzene rings is 2. The lowest BCUT2D eigenvalue weighted by Gasteiger charge is -2.52. The van der Waals surface area contributed by atoms with Crippen molar-refractivity contribution < 1.29 is 13.2 Å². The monoisotopic (exact) mass is 491 g/mol. The predicted octanol–water partition coefficient (Wildman–Crippen LogP) is 8.56. The average molecular weight is 492 g/mol. The van der Waals surface area contributed by atoms with Gasteiger partial charge in [-0.05, 0) is 67.5 Å². The number of anilines is 1. The van der Waals surface area contributed by atoms with Crippen LogP contribution in [0.4, 0.5) is 18.9 Å². The number of fused-ring (bicyclic) bond motifs is 2. The summed E-state index contributed by atoms with van der Waals surface area (Å²) in [4.78, 5) is 8.41. The fourth-order valence-corrected chi connectivity index (χ4v) is 5.56. The number of rotatable bonds is 3. The fourth-order valence-electron chi connectivity index (χ4n) is 5.40. The first kappa shape index (κ1) is 26.3. The fraction of sp³-hybridized carbons (Fsp3) is 0.481. The van der Waals surface area contributed by atoms with Crippen molar-refractivity contribution in [1.29, 1.82) is 0 Å². The highest BCUT2D eigenvalue weighted by atomic mass is 35.5. The molecule has 0 aliphatic heterocycles. The zero-order chi connectivity index (χ0) is 25.6. The molecule has 0 spiro atoms. The lowest BCUT2D eigenvalue weighted by Crippen LogP contribution is -2.51. The van der Waals surface area contributed by atoms with Gasteiger partial charge in [0.1, 0.15) is 17.2 Å². The Morgan fingerprint density at radius 2 is 1.74 bits per heavy atom. The van der Waals surface area contributed by atoms with Gasteiger partial charge < -0.3 is 5.32 Å². The molecule has 4 rings (SSSR count). The van der Waals surface area contributed by atoms with E-state index in [0.717, 1.165) is 23.6 Å². The van der Waals surface area contributed by atoms with E-state index in [-0.39, 0.29) is 11.9 Å². The van der Waals surface area contributed by atoms with Crippen LogP contribution in [0.25, 0.3) is 10.9 Å². The van der Waals surface area contributed by atoms with Crippen LogP contribution in [0.2, 0.25) is 5.02 Å². The van der Waals surface area contributed by atoms with Gasteiger partial charge in [0.15, 0.2) is 0 Å². The van der Waals surface area contributed by atoms with Gasteiger partial charge in [-0.3, -0.25) is 0 Å². The molecule has 1 aromatic heterocycles. The van der Waals surface area contributed by atoms with Gasteiger partial charge in [0.2, 0.25) is 0 Å². The Balaban J connectivity index is 0.00000158. The molecule has 1 N–H and O–H groups in total. The van der Waals surface area contributed by atoms with Crippen molar-refractivity contribution in [2.45, 2.75) is 79.2 Å². The molecule has 2 unspecified atom stereocenters. The molecular formula is C27H33ClF3N3. The van der Waals surface area contributed by atoms with Gasteiger partial charge in [-0.2, -0.15) is 0 Å². The van der Waals surface area contributed by atoms with Crippen LogP contribution in [0, 0.1) is 25.1 Å². The third-order valence-electron chi connectivity index (χ3n) is 6.99. The van der Waals surface area contributed by atoms with Crippen LogP contribution in [0.1, 0.15) is 76.5 Å². The standard InChI is InChI=1S/C25H27ClF3N3.C2H6/c1-13-17(26)8-7-15-20(13)23(3,4)12-24(5,25(6,28)29)22(15)32-19-10-9-18(27)21-16(19)11-30-14(2)31-21;1-2/h7-11,22,32H,12H2,1-6H3;1-2H3. The van der Waals surface area contributed by atoms with E-state index in [1.54, 1.807) is 26.0 Å². The van der Waals surface area contributed by atoms with E-state index >= 15 is 8.78 Å². The zero-order valence-electron chi connectivity index (χ0n) is 21.1. The first-order chi connectivity index (χ1) is 15.8. The predicted molar refractivity (Wildman–Crippen MR) is 135 cm³/mol. The van der Waals surface area contributed by atoms with Gasteiger partial charge in [0, 0.05) is 22.3 Å². The maximum atomic E-state index is 15.2. The lowest BCUT2D eigenvalue weighted by molar-refractivity contribution is -0.124. The van der Waals surface area contributed by atoms with Crippen LogP contribution in [-0.2, 0) is 5.41 Å². The van der Waals surface area contributed by atoms with Crippen molar-refractivity contribution in [3.8, 4) is 0 Å². The molecule has 184 valence electrons. The molecule has 2 aromatic carbocycles. The maximum absolute atomic E-state index is 15.2. The lowest BCUT2D eigenvalue weighted by atomic mass is 9.56. The first-order valence-corrected chi connectivity index (χ1v) is 12.0. The van der Waals surface area contributed by atoms with Gasteiger partial charge in [-0.1, -0.05) is 52.3 Å². The Hall–Kier alpha value is -2.34. The Labute approximate surface area is 205 Å². The number of alkyl halides is 2. The van der Waals surface area contributed by atoms with E-state index in [4.69, 9.17) is 11.6 Å². The minimum atomic E-state index is -2.99. The summed E-state index contributed by atoms with van der Waals surface area (Å²) in [5, 5.41) is 4.40. The maximum Gasteiger partial charge on any atom is 0.252 e. The van der Waals surface area contributed by atoms with Crippen molar-refractivity contribution in [3.63, 3.8) is 0 Å². The van der Waals surface area contributed by atoms with Crippen molar-refractivity contribution >= 4 is 28.2 Å². The Bertz CT molecular complexity index is 1220. The highest BCUT2D eigenvalue weighted by Gasteiger charge is 2.58. The molecule has 0 amide bonds. The Morgan fingerprint density at radius 1 is 1.09 bits per heavy atom. The van der Waals surface area contributed by atoms with Crippen LogP contribution < -0.4 is 5.32 Å². The Kier molecular flexibility index (Phi) is 6.97. The third-order valence-corrected chi connectivity index (χ3v) is 7.40. The van der Waals surface area contributed by atoms with Crippen LogP contribution >= 0.6 is 11.6 Å². The zero-order valence-corrected chi connectivity index (χ0v) is 21.8. The van der Waals surface area contributed by atoms with E-state index < -0.39 is 28.6 Å². The SMILES string of the molecule is CC.Cc1ncc2c(NC3c4ccc(Cl)c(C)c4C(C)(C)CC3(C)C(C)(F)F)ccc(F)c2n1. The molecule has 7 heteroatoms. The van der Waals surface area contributed by atoms with Gasteiger partial charge in [0.05, 0.1) is 11.5 Å². The summed E-state index contributed by atoms with van der Waals surface area (Å²) in [6, 6.07) is 5.72. The largest absolute Gasteiger partial charge is 0.377 e. The molecule has 3 aromatic rings. The highest BCUT2D eigenvalue weighted by molar-refractivity contribution is 6.31. The molecule has 2 atom stereocenters. The number of aromatic nitrogens is 2. The summed E-state index contributed by atoms with van der Waals surface area (Å²) in [5.74, 6) is -3.03. The molecule has 3 nitrogen and oxygen atoms in total. The van der Waals surface area contributed by atoms with E-state index in [0.29, 0.717) is 21.9 Å². The summed E-state index contributed by atoms with van der Waals surface area (Å²) in [6.07, 6.45) is 1.77. The first-order valence-electron chi connectivity index (χ1n) is 11.6. The molecule has 1 heterocycles. The number of nitrogens with zero attached hydrogens (tertiary/aromatic N) is 2. The number of nitrogens with one attached hydrogen (secondary N) is 1.